The topological polar surface area (TPSA) is 78.9 Å². The van der Waals surface area contributed by atoms with E-state index < -0.39 is 5.97 Å². The van der Waals surface area contributed by atoms with Gasteiger partial charge in [0.25, 0.3) is 0 Å². The smallest absolute Gasteiger partial charge is 0.317 e. The predicted octanol–water partition coefficient (Wildman–Crippen LogP) is 1.31. The standard InChI is InChI=1S/C14H24N2O4/c1-16(9-11-5-3-7-20-11)14(19)15-8-10-4-2-6-12(10)13(17)18/h10-12H,2-9H2,1H3,(H,15,19)(H,17,18). The summed E-state index contributed by atoms with van der Waals surface area (Å²) < 4.78 is 5.50. The van der Waals surface area contributed by atoms with E-state index in [9.17, 15) is 9.59 Å². The van der Waals surface area contributed by atoms with E-state index in [0.29, 0.717) is 13.1 Å². The zero-order valence-corrected chi connectivity index (χ0v) is 12.0. The number of aliphatic carboxylic acids is 1. The van der Waals surface area contributed by atoms with Crippen LogP contribution in [0.2, 0.25) is 0 Å². The number of urea groups is 1. The third kappa shape index (κ3) is 3.85. The predicted molar refractivity (Wildman–Crippen MR) is 73.5 cm³/mol. The second-order valence-electron chi connectivity index (χ2n) is 5.84. The Kier molecular flexibility index (Phi) is 5.23. The molecule has 1 saturated heterocycles. The number of hydrogen-bond acceptors (Lipinski definition) is 3. The van der Waals surface area contributed by atoms with E-state index in [4.69, 9.17) is 9.84 Å². The Morgan fingerprint density at radius 3 is 2.75 bits per heavy atom. The summed E-state index contributed by atoms with van der Waals surface area (Å²) in [5.41, 5.74) is 0. The summed E-state index contributed by atoms with van der Waals surface area (Å²) in [6, 6.07) is -0.142. The highest BCUT2D eigenvalue weighted by atomic mass is 16.5. The molecular weight excluding hydrogens is 260 g/mol. The molecule has 2 amide bonds. The Labute approximate surface area is 119 Å². The van der Waals surface area contributed by atoms with Gasteiger partial charge in [-0.25, -0.2) is 4.79 Å². The Hall–Kier alpha value is -1.30. The third-order valence-electron chi connectivity index (χ3n) is 4.34. The fraction of sp³-hybridized carbons (Fsp3) is 0.857. The van der Waals surface area contributed by atoms with Crippen molar-refractivity contribution in [2.24, 2.45) is 11.8 Å². The molecule has 20 heavy (non-hydrogen) atoms. The average Bonchev–Trinajstić information content (AvgIpc) is 3.06. The largest absolute Gasteiger partial charge is 0.481 e. The van der Waals surface area contributed by atoms with Crippen molar-refractivity contribution in [1.29, 1.82) is 0 Å². The van der Waals surface area contributed by atoms with Crippen molar-refractivity contribution in [2.75, 3.05) is 26.7 Å². The third-order valence-corrected chi connectivity index (χ3v) is 4.34. The second-order valence-corrected chi connectivity index (χ2v) is 5.84. The van der Waals surface area contributed by atoms with Crippen LogP contribution in [0, 0.1) is 11.8 Å². The molecule has 1 saturated carbocycles. The Morgan fingerprint density at radius 1 is 1.30 bits per heavy atom. The minimum atomic E-state index is -0.741. The van der Waals surface area contributed by atoms with Crippen LogP contribution in [-0.4, -0.2) is 54.9 Å². The molecule has 0 aromatic rings. The van der Waals surface area contributed by atoms with Crippen LogP contribution < -0.4 is 5.32 Å². The summed E-state index contributed by atoms with van der Waals surface area (Å²) in [6.07, 6.45) is 4.74. The maximum Gasteiger partial charge on any atom is 0.317 e. The molecule has 2 N–H and O–H groups in total. The first kappa shape index (κ1) is 15.1. The summed E-state index contributed by atoms with van der Waals surface area (Å²) in [7, 11) is 1.75. The van der Waals surface area contributed by atoms with E-state index in [2.05, 4.69) is 5.32 Å². The van der Waals surface area contributed by atoms with E-state index >= 15 is 0 Å². The van der Waals surface area contributed by atoms with Gasteiger partial charge in [-0.3, -0.25) is 4.79 Å². The molecule has 0 aromatic carbocycles. The number of carboxylic acid groups (broad SMARTS) is 1. The summed E-state index contributed by atoms with van der Waals surface area (Å²) in [6.45, 7) is 1.83. The van der Waals surface area contributed by atoms with Crippen molar-refractivity contribution in [1.82, 2.24) is 10.2 Å². The van der Waals surface area contributed by atoms with E-state index in [1.54, 1.807) is 11.9 Å². The first-order valence-corrected chi connectivity index (χ1v) is 7.41. The summed E-state index contributed by atoms with van der Waals surface area (Å²) >= 11 is 0. The molecular formula is C14H24N2O4. The van der Waals surface area contributed by atoms with Crippen molar-refractivity contribution in [2.45, 2.75) is 38.2 Å². The number of likely N-dealkylation sites (N-methyl/N-ethyl adjacent to an activating group) is 1. The Balaban J connectivity index is 1.72. The first-order valence-electron chi connectivity index (χ1n) is 7.41. The van der Waals surface area contributed by atoms with Gasteiger partial charge in [0.05, 0.1) is 12.0 Å². The van der Waals surface area contributed by atoms with Gasteiger partial charge in [0, 0.05) is 26.7 Å². The van der Waals surface area contributed by atoms with Gasteiger partial charge in [0.2, 0.25) is 0 Å². The SMILES string of the molecule is CN(CC1CCCO1)C(=O)NCC1CCCC1C(=O)O. The maximum atomic E-state index is 12.0. The molecule has 114 valence electrons. The fourth-order valence-corrected chi connectivity index (χ4v) is 3.14. The molecule has 6 nitrogen and oxygen atoms in total. The number of amides is 2. The van der Waals surface area contributed by atoms with Crippen molar-refractivity contribution in [3.63, 3.8) is 0 Å². The highest BCUT2D eigenvalue weighted by molar-refractivity contribution is 5.74. The minimum absolute atomic E-state index is 0.0626. The van der Waals surface area contributed by atoms with Gasteiger partial charge in [-0.1, -0.05) is 6.42 Å². The van der Waals surface area contributed by atoms with Gasteiger partial charge in [-0.05, 0) is 31.6 Å². The van der Waals surface area contributed by atoms with Crippen molar-refractivity contribution >= 4 is 12.0 Å². The van der Waals surface area contributed by atoms with E-state index in [-0.39, 0.29) is 24.0 Å². The lowest BCUT2D eigenvalue weighted by atomic mass is 9.96. The van der Waals surface area contributed by atoms with E-state index in [1.807, 2.05) is 0 Å². The Morgan fingerprint density at radius 2 is 2.10 bits per heavy atom. The molecule has 6 heteroatoms. The number of rotatable bonds is 5. The quantitative estimate of drug-likeness (QED) is 0.798. The summed E-state index contributed by atoms with van der Waals surface area (Å²) in [5.74, 6) is -0.985. The number of carboxylic acids is 1. The van der Waals surface area contributed by atoms with E-state index in [1.165, 1.54) is 0 Å². The summed E-state index contributed by atoms with van der Waals surface area (Å²) in [4.78, 5) is 24.7. The van der Waals surface area contributed by atoms with Crippen LogP contribution in [0.4, 0.5) is 4.79 Å². The van der Waals surface area contributed by atoms with Crippen LogP contribution >= 0.6 is 0 Å². The minimum Gasteiger partial charge on any atom is -0.481 e. The fourth-order valence-electron chi connectivity index (χ4n) is 3.14. The lowest BCUT2D eigenvalue weighted by Crippen LogP contribution is -2.43. The number of hydrogen-bond donors (Lipinski definition) is 2. The van der Waals surface area contributed by atoms with Gasteiger partial charge in [0.15, 0.2) is 0 Å². The maximum absolute atomic E-state index is 12.0. The van der Waals surface area contributed by atoms with E-state index in [0.717, 1.165) is 38.7 Å². The van der Waals surface area contributed by atoms with Gasteiger partial charge >= 0.3 is 12.0 Å². The molecule has 0 radical (unpaired) electrons. The average molecular weight is 284 g/mol. The van der Waals surface area contributed by atoms with Gasteiger partial charge in [0.1, 0.15) is 0 Å². The molecule has 0 spiro atoms. The molecule has 0 bridgehead atoms. The highest BCUT2D eigenvalue weighted by Gasteiger charge is 2.33. The Bertz CT molecular complexity index is 355. The van der Waals surface area contributed by atoms with Crippen molar-refractivity contribution in [3.05, 3.63) is 0 Å². The zero-order valence-electron chi connectivity index (χ0n) is 12.0. The van der Waals surface area contributed by atoms with Crippen molar-refractivity contribution in [3.8, 4) is 0 Å². The zero-order chi connectivity index (χ0) is 14.5. The highest BCUT2D eigenvalue weighted by Crippen LogP contribution is 2.31. The number of ether oxygens (including phenoxy) is 1. The molecule has 3 unspecified atom stereocenters. The molecule has 1 aliphatic carbocycles. The monoisotopic (exact) mass is 284 g/mol. The second kappa shape index (κ2) is 6.92. The normalized spacial score (nSPS) is 29.4. The molecule has 1 heterocycles. The number of nitrogens with one attached hydrogen (secondary N) is 1. The lowest BCUT2D eigenvalue weighted by Gasteiger charge is -2.23. The lowest BCUT2D eigenvalue weighted by molar-refractivity contribution is -0.142. The van der Waals surface area contributed by atoms with Gasteiger partial charge in [-0.15, -0.1) is 0 Å². The molecule has 2 aliphatic rings. The van der Waals surface area contributed by atoms with Gasteiger partial charge < -0.3 is 20.1 Å². The van der Waals surface area contributed by atoms with Crippen LogP contribution in [0.3, 0.4) is 0 Å². The molecule has 3 atom stereocenters. The van der Waals surface area contributed by atoms with Crippen LogP contribution in [0.5, 0.6) is 0 Å². The summed E-state index contributed by atoms with van der Waals surface area (Å²) in [5, 5.41) is 12.0. The molecule has 0 aromatic heterocycles. The molecule has 2 fully saturated rings. The van der Waals surface area contributed by atoms with Crippen LogP contribution in [-0.2, 0) is 9.53 Å². The number of carbonyl (C=O) groups excluding carboxylic acids is 1. The number of nitrogens with zero attached hydrogens (tertiary/aromatic N) is 1. The van der Waals surface area contributed by atoms with Crippen LogP contribution in [0.25, 0.3) is 0 Å². The molecule has 2 rings (SSSR count). The van der Waals surface area contributed by atoms with Crippen molar-refractivity contribution < 1.29 is 19.4 Å². The van der Waals surface area contributed by atoms with Crippen LogP contribution in [0.1, 0.15) is 32.1 Å². The van der Waals surface area contributed by atoms with Gasteiger partial charge in [-0.2, -0.15) is 0 Å². The first-order chi connectivity index (χ1) is 9.58. The molecule has 1 aliphatic heterocycles. The number of carbonyl (C=O) groups is 2. The van der Waals surface area contributed by atoms with Crippen LogP contribution in [0.15, 0.2) is 0 Å².